The van der Waals surface area contributed by atoms with E-state index in [1.165, 1.54) is 57.2 Å². The van der Waals surface area contributed by atoms with Gasteiger partial charge in [0.1, 0.15) is 18.1 Å². The highest BCUT2D eigenvalue weighted by Crippen LogP contribution is 2.49. The fourth-order valence-corrected chi connectivity index (χ4v) is 8.89. The Bertz CT molecular complexity index is 1230. The Morgan fingerprint density at radius 2 is 1.83 bits per heavy atom. The zero-order valence-electron chi connectivity index (χ0n) is 28.7. The molecule has 1 spiro atoms. The summed E-state index contributed by atoms with van der Waals surface area (Å²) in [6.07, 6.45) is 10.5. The van der Waals surface area contributed by atoms with E-state index < -0.39 is 23.7 Å². The topological polar surface area (TPSA) is 119 Å². The molecule has 3 unspecified atom stereocenters. The minimum atomic E-state index is -0.916. The molecule has 0 aromatic heterocycles. The summed E-state index contributed by atoms with van der Waals surface area (Å²) in [5.74, 6) is -1.63. The van der Waals surface area contributed by atoms with E-state index in [1.807, 2.05) is 16.8 Å². The number of rotatable bonds is 15. The first-order chi connectivity index (χ1) is 22.5. The molecule has 3 aliphatic rings. The number of benzene rings is 1. The second-order valence-electron chi connectivity index (χ2n) is 13.8. The van der Waals surface area contributed by atoms with Crippen molar-refractivity contribution in [2.45, 2.75) is 101 Å². The molecule has 4 rings (SSSR count). The first-order valence-electron chi connectivity index (χ1n) is 17.4. The van der Waals surface area contributed by atoms with Crippen LogP contribution in [0.3, 0.4) is 0 Å². The Labute approximate surface area is 284 Å². The average molecular weight is 675 g/mol. The summed E-state index contributed by atoms with van der Waals surface area (Å²) in [6.45, 7) is 10.1. The third kappa shape index (κ3) is 9.33. The van der Waals surface area contributed by atoms with E-state index in [1.54, 1.807) is 0 Å². The molecule has 1 aliphatic carbocycles. The molecule has 1 saturated carbocycles. The molecule has 2 saturated heterocycles. The predicted octanol–water partition coefficient (Wildman–Crippen LogP) is 4.11. The van der Waals surface area contributed by atoms with E-state index in [0.29, 0.717) is 42.6 Å². The molecule has 10 nitrogen and oxygen atoms in total. The van der Waals surface area contributed by atoms with E-state index in [9.17, 15) is 19.2 Å². The van der Waals surface area contributed by atoms with Gasteiger partial charge in [-0.1, -0.05) is 18.9 Å². The van der Waals surface area contributed by atoms with Gasteiger partial charge in [-0.15, -0.1) is 0 Å². The summed E-state index contributed by atoms with van der Waals surface area (Å²) in [7, 11) is 2.88. The molecule has 2 amide bonds. The lowest BCUT2D eigenvalue weighted by Gasteiger charge is -2.42. The number of halogens is 1. The monoisotopic (exact) mass is 674 g/mol. The number of nitrogens with zero attached hydrogens (tertiary/aromatic N) is 4. The van der Waals surface area contributed by atoms with Gasteiger partial charge in [-0.3, -0.25) is 18.7 Å². The van der Waals surface area contributed by atoms with E-state index >= 15 is 4.39 Å². The van der Waals surface area contributed by atoms with Gasteiger partial charge in [0.15, 0.2) is 6.29 Å². The molecule has 2 aliphatic heterocycles. The summed E-state index contributed by atoms with van der Waals surface area (Å²) in [4.78, 5) is 54.7. The number of hydrogen-bond donors (Lipinski definition) is 2. The van der Waals surface area contributed by atoms with Crippen LogP contribution in [0.25, 0.3) is 0 Å². The van der Waals surface area contributed by atoms with E-state index in [4.69, 9.17) is 5.73 Å². The van der Waals surface area contributed by atoms with E-state index in [0.717, 1.165) is 51.5 Å². The van der Waals surface area contributed by atoms with Gasteiger partial charge in [0.05, 0.1) is 11.3 Å². The molecule has 1 aromatic carbocycles. The van der Waals surface area contributed by atoms with Crippen LogP contribution < -0.4 is 16.0 Å². The molecule has 0 bridgehead atoms. The summed E-state index contributed by atoms with van der Waals surface area (Å²) in [6, 6.07) is 2.52. The molecular formula is C35H55FN6O4S. The Morgan fingerprint density at radius 1 is 1.13 bits per heavy atom. The van der Waals surface area contributed by atoms with Crippen LogP contribution in [0, 0.1) is 11.2 Å². The average Bonchev–Trinajstić information content (AvgIpc) is 3.49. The van der Waals surface area contributed by atoms with Crippen molar-refractivity contribution in [3.8, 4) is 0 Å². The lowest BCUT2D eigenvalue weighted by Crippen LogP contribution is -2.47. The maximum atomic E-state index is 15.6. The third-order valence-corrected chi connectivity index (χ3v) is 12.2. The Morgan fingerprint density at radius 3 is 2.43 bits per heavy atom. The molecule has 1 aromatic rings. The van der Waals surface area contributed by atoms with Crippen molar-refractivity contribution in [1.29, 1.82) is 0 Å². The zero-order valence-corrected chi connectivity index (χ0v) is 29.5. The number of nitrogens with two attached hydrogens (primary N) is 1. The van der Waals surface area contributed by atoms with Gasteiger partial charge in [0, 0.05) is 69.6 Å². The standard InChI is InChI=1S/C35H55FN6O4S/c1-5-42(17-9-25(2)37)47-28-10-15-40(16-11-28)27-8-12-35(23-27)13-18-41(19-14-35)32-21-26(24-44)29(22-30(32)36)34(46)39(4)31(7-6-20-43)33(45)38-3/h20-22,24-25,27-28,31H,5-19,23,37H2,1-4H3,(H,38,45). The van der Waals surface area contributed by atoms with Gasteiger partial charge >= 0.3 is 0 Å². The lowest BCUT2D eigenvalue weighted by molar-refractivity contribution is -0.125. The van der Waals surface area contributed by atoms with Crippen LogP contribution in [-0.4, -0.2) is 115 Å². The summed E-state index contributed by atoms with van der Waals surface area (Å²) in [5, 5.41) is 3.18. The van der Waals surface area contributed by atoms with Crippen LogP contribution in [0.5, 0.6) is 0 Å². The highest BCUT2D eigenvalue weighted by molar-refractivity contribution is 7.97. The van der Waals surface area contributed by atoms with Crippen molar-refractivity contribution in [1.82, 2.24) is 19.4 Å². The largest absolute Gasteiger partial charge is 0.369 e. The minimum Gasteiger partial charge on any atom is -0.369 e. The molecule has 12 heteroatoms. The van der Waals surface area contributed by atoms with Gasteiger partial charge < -0.3 is 30.5 Å². The molecular weight excluding hydrogens is 619 g/mol. The summed E-state index contributed by atoms with van der Waals surface area (Å²) >= 11 is 2.03. The molecule has 2 heterocycles. The molecule has 0 radical (unpaired) electrons. The maximum absolute atomic E-state index is 15.6. The van der Waals surface area contributed by atoms with Gasteiger partial charge in [-0.2, -0.15) is 0 Å². The molecule has 3 atom stereocenters. The smallest absolute Gasteiger partial charge is 0.255 e. The van der Waals surface area contributed by atoms with Crippen LogP contribution >= 0.6 is 11.9 Å². The number of aldehydes is 2. The number of likely N-dealkylation sites (N-methyl/N-ethyl adjacent to an activating group) is 2. The number of piperidine rings is 2. The quantitative estimate of drug-likeness (QED) is 0.209. The number of nitrogens with one attached hydrogen (secondary N) is 1. The lowest BCUT2D eigenvalue weighted by atomic mass is 9.76. The highest BCUT2D eigenvalue weighted by atomic mass is 32.2. The number of carbonyl (C=O) groups is 4. The van der Waals surface area contributed by atoms with Gasteiger partial charge in [0.25, 0.3) is 5.91 Å². The van der Waals surface area contributed by atoms with Crippen LogP contribution in [0.15, 0.2) is 12.1 Å². The maximum Gasteiger partial charge on any atom is 0.255 e. The number of amides is 2. The van der Waals surface area contributed by atoms with Crippen LogP contribution in [0.2, 0.25) is 0 Å². The Hall–Kier alpha value is -2.54. The number of hydrogen-bond acceptors (Lipinski definition) is 9. The second-order valence-corrected chi connectivity index (χ2v) is 15.2. The first kappa shape index (κ1) is 37.3. The van der Waals surface area contributed by atoms with Crippen molar-refractivity contribution in [3.05, 3.63) is 29.1 Å². The Kier molecular flexibility index (Phi) is 13.7. The predicted molar refractivity (Wildman–Crippen MR) is 186 cm³/mol. The van der Waals surface area contributed by atoms with Crippen molar-refractivity contribution in [3.63, 3.8) is 0 Å². The first-order valence-corrected chi connectivity index (χ1v) is 18.3. The molecule has 262 valence electrons. The summed E-state index contributed by atoms with van der Waals surface area (Å²) in [5.41, 5.74) is 6.58. The fraction of sp³-hybridized carbons (Fsp3) is 0.714. The molecule has 3 fully saturated rings. The normalized spacial score (nSPS) is 21.5. The van der Waals surface area contributed by atoms with Crippen LogP contribution in [0.4, 0.5) is 10.1 Å². The Balaban J connectivity index is 1.33. The van der Waals surface area contributed by atoms with Crippen molar-refractivity contribution < 1.29 is 23.6 Å². The van der Waals surface area contributed by atoms with Crippen molar-refractivity contribution >= 4 is 42.0 Å². The third-order valence-electron chi connectivity index (χ3n) is 10.7. The van der Waals surface area contributed by atoms with Crippen molar-refractivity contribution in [2.24, 2.45) is 11.1 Å². The van der Waals surface area contributed by atoms with E-state index in [-0.39, 0.29) is 35.4 Å². The van der Waals surface area contributed by atoms with Gasteiger partial charge in [-0.05, 0) is 95.3 Å². The molecule has 47 heavy (non-hydrogen) atoms. The number of anilines is 1. The van der Waals surface area contributed by atoms with Gasteiger partial charge in [-0.25, -0.2) is 4.39 Å². The highest BCUT2D eigenvalue weighted by Gasteiger charge is 2.44. The van der Waals surface area contributed by atoms with Crippen LogP contribution in [-0.2, 0) is 9.59 Å². The fourth-order valence-electron chi connectivity index (χ4n) is 7.68. The number of carbonyl (C=O) groups excluding carboxylic acids is 4. The van der Waals surface area contributed by atoms with Gasteiger partial charge in [0.2, 0.25) is 5.91 Å². The summed E-state index contributed by atoms with van der Waals surface area (Å²) < 4.78 is 18.1. The molecule has 3 N–H and O–H groups in total. The van der Waals surface area contributed by atoms with Crippen LogP contribution in [0.1, 0.15) is 98.8 Å². The SMILES string of the molecule is CCN(CCC(C)N)SC1CCN(C2CCC3(CCN(c4cc(C=O)c(C(=O)N(C)C(CCC=O)C(=O)NC)cc4F)CC3)C2)CC1. The zero-order chi connectivity index (χ0) is 34.1. The van der Waals surface area contributed by atoms with Crippen molar-refractivity contribution in [2.75, 3.05) is 58.3 Å². The van der Waals surface area contributed by atoms with E-state index in [2.05, 4.69) is 28.4 Å². The minimum absolute atomic E-state index is 0.0862. The second kappa shape index (κ2) is 17.2. The number of likely N-dealkylation sites (tertiary alicyclic amines) is 1.